The molecule has 0 aromatic heterocycles. The molecule has 21 heavy (non-hydrogen) atoms. The Morgan fingerprint density at radius 3 is 2.67 bits per heavy atom. The number of halogens is 1. The first-order valence-corrected chi connectivity index (χ1v) is 6.98. The zero-order chi connectivity index (χ0) is 15.1. The average molecular weight is 320 g/mol. The maximum Gasteiger partial charge on any atom is 0.184 e. The van der Waals surface area contributed by atoms with Gasteiger partial charge in [0, 0.05) is 10.6 Å². The number of hydrazone groups is 1. The Hall–Kier alpha value is -2.11. The van der Waals surface area contributed by atoms with Crippen LogP contribution in [-0.2, 0) is 6.61 Å². The minimum Gasteiger partial charge on any atom is -0.488 e. The van der Waals surface area contributed by atoms with Crippen molar-refractivity contribution < 1.29 is 4.74 Å². The fourth-order valence-electron chi connectivity index (χ4n) is 1.63. The number of nitrogens with one attached hydrogen (secondary N) is 1. The molecule has 2 rings (SSSR count). The molecule has 0 radical (unpaired) electrons. The summed E-state index contributed by atoms with van der Waals surface area (Å²) in [6, 6.07) is 15.1. The molecule has 0 fully saturated rings. The summed E-state index contributed by atoms with van der Waals surface area (Å²) in [6.45, 7) is 0.449. The van der Waals surface area contributed by atoms with Crippen molar-refractivity contribution in [2.45, 2.75) is 6.61 Å². The third-order valence-corrected chi connectivity index (χ3v) is 2.95. The Morgan fingerprint density at radius 1 is 1.24 bits per heavy atom. The zero-order valence-electron chi connectivity index (χ0n) is 11.1. The van der Waals surface area contributed by atoms with Gasteiger partial charge in [-0.15, -0.1) is 0 Å². The van der Waals surface area contributed by atoms with Crippen LogP contribution in [-0.4, -0.2) is 11.3 Å². The first-order valence-electron chi connectivity index (χ1n) is 6.20. The summed E-state index contributed by atoms with van der Waals surface area (Å²) in [4.78, 5) is 0. The summed E-state index contributed by atoms with van der Waals surface area (Å²) < 4.78 is 5.79. The van der Waals surface area contributed by atoms with Crippen LogP contribution in [0.2, 0.25) is 5.02 Å². The second kappa shape index (κ2) is 7.61. The lowest BCUT2D eigenvalue weighted by Gasteiger charge is -2.09. The monoisotopic (exact) mass is 319 g/mol. The van der Waals surface area contributed by atoms with Crippen LogP contribution < -0.4 is 15.9 Å². The number of hydrogen-bond acceptors (Lipinski definition) is 3. The zero-order valence-corrected chi connectivity index (χ0v) is 12.7. The van der Waals surface area contributed by atoms with Crippen LogP contribution in [0, 0.1) is 0 Å². The molecule has 0 aliphatic rings. The van der Waals surface area contributed by atoms with E-state index in [0.29, 0.717) is 11.6 Å². The molecule has 3 N–H and O–H groups in total. The number of thiocarbonyl (C=S) groups is 1. The van der Waals surface area contributed by atoms with E-state index in [2.05, 4.69) is 22.7 Å². The normalized spacial score (nSPS) is 10.5. The number of benzene rings is 2. The molecule has 0 bridgehead atoms. The molecule has 6 heteroatoms. The minimum absolute atomic E-state index is 0.116. The molecule has 0 aliphatic carbocycles. The summed E-state index contributed by atoms with van der Waals surface area (Å²) >= 11 is 10.5. The minimum atomic E-state index is 0.116. The summed E-state index contributed by atoms with van der Waals surface area (Å²) in [5.41, 5.74) is 9.68. The predicted molar refractivity (Wildman–Crippen MR) is 89.7 cm³/mol. The van der Waals surface area contributed by atoms with Gasteiger partial charge in [-0.25, -0.2) is 0 Å². The lowest BCUT2D eigenvalue weighted by atomic mass is 10.2. The summed E-state index contributed by atoms with van der Waals surface area (Å²) in [7, 11) is 0. The first-order chi connectivity index (χ1) is 10.1. The van der Waals surface area contributed by atoms with Crippen LogP contribution in [0.25, 0.3) is 0 Å². The summed E-state index contributed by atoms with van der Waals surface area (Å²) in [5, 5.41) is 4.75. The second-order valence-corrected chi connectivity index (χ2v) is 5.06. The van der Waals surface area contributed by atoms with Crippen LogP contribution in [0.1, 0.15) is 11.1 Å². The average Bonchev–Trinajstić information content (AvgIpc) is 2.47. The third-order valence-electron chi connectivity index (χ3n) is 2.60. The molecule has 2 aromatic carbocycles. The molecular weight excluding hydrogens is 306 g/mol. The van der Waals surface area contributed by atoms with Gasteiger partial charge in [-0.05, 0) is 42.0 Å². The molecule has 108 valence electrons. The summed E-state index contributed by atoms with van der Waals surface area (Å²) in [5.74, 6) is 0.723. The standard InChI is InChI=1S/C15H14ClN3OS/c16-13-7-5-11(6-8-13)10-20-14-4-2-1-3-12(14)9-18-19-15(17)21/h1-9H,10H2,(H3,17,19,21)/b18-9-. The van der Waals surface area contributed by atoms with Gasteiger partial charge in [-0.1, -0.05) is 35.9 Å². The number of rotatable bonds is 5. The Bertz CT molecular complexity index is 644. The molecule has 0 aliphatic heterocycles. The number of ether oxygens (including phenoxy) is 1. The van der Waals surface area contributed by atoms with Crippen molar-refractivity contribution in [1.29, 1.82) is 0 Å². The van der Waals surface area contributed by atoms with E-state index in [-0.39, 0.29) is 5.11 Å². The Kier molecular flexibility index (Phi) is 5.54. The van der Waals surface area contributed by atoms with Crippen molar-refractivity contribution in [1.82, 2.24) is 5.43 Å². The van der Waals surface area contributed by atoms with Crippen molar-refractivity contribution in [3.8, 4) is 5.75 Å². The van der Waals surface area contributed by atoms with Crippen LogP contribution in [0.3, 0.4) is 0 Å². The van der Waals surface area contributed by atoms with Gasteiger partial charge < -0.3 is 10.5 Å². The highest BCUT2D eigenvalue weighted by Gasteiger charge is 2.01. The molecule has 0 saturated carbocycles. The van der Waals surface area contributed by atoms with E-state index in [1.807, 2.05) is 48.5 Å². The van der Waals surface area contributed by atoms with Crippen LogP contribution in [0.15, 0.2) is 53.6 Å². The van der Waals surface area contributed by atoms with Gasteiger partial charge in [0.05, 0.1) is 6.21 Å². The topological polar surface area (TPSA) is 59.6 Å². The molecule has 2 aromatic rings. The van der Waals surface area contributed by atoms with Gasteiger partial charge in [0.25, 0.3) is 0 Å². The number of nitrogens with zero attached hydrogens (tertiary/aromatic N) is 1. The van der Waals surface area contributed by atoms with Crippen molar-refractivity contribution in [2.24, 2.45) is 10.8 Å². The quantitative estimate of drug-likeness (QED) is 0.505. The van der Waals surface area contributed by atoms with Crippen LogP contribution >= 0.6 is 23.8 Å². The molecule has 0 spiro atoms. The molecule has 0 heterocycles. The Morgan fingerprint density at radius 2 is 1.95 bits per heavy atom. The highest BCUT2D eigenvalue weighted by molar-refractivity contribution is 7.80. The van der Waals surface area contributed by atoms with E-state index in [0.717, 1.165) is 16.9 Å². The van der Waals surface area contributed by atoms with Gasteiger partial charge in [-0.3, -0.25) is 5.43 Å². The lowest BCUT2D eigenvalue weighted by Crippen LogP contribution is -2.24. The van der Waals surface area contributed by atoms with Gasteiger partial charge in [0.1, 0.15) is 12.4 Å². The van der Waals surface area contributed by atoms with E-state index >= 15 is 0 Å². The van der Waals surface area contributed by atoms with Crippen LogP contribution in [0.5, 0.6) is 5.75 Å². The fraction of sp³-hybridized carbons (Fsp3) is 0.0667. The van der Waals surface area contributed by atoms with Gasteiger partial charge in [0.15, 0.2) is 5.11 Å². The molecular formula is C15H14ClN3OS. The van der Waals surface area contributed by atoms with Gasteiger partial charge in [-0.2, -0.15) is 5.10 Å². The van der Waals surface area contributed by atoms with E-state index < -0.39 is 0 Å². The Balaban J connectivity index is 2.04. The molecule has 0 unspecified atom stereocenters. The van der Waals surface area contributed by atoms with E-state index in [1.54, 1.807) is 6.21 Å². The SMILES string of the molecule is NC(=S)N/N=C\c1ccccc1OCc1ccc(Cl)cc1. The first kappa shape index (κ1) is 15.3. The Labute approximate surface area is 133 Å². The maximum absolute atomic E-state index is 5.85. The van der Waals surface area contributed by atoms with Crippen LogP contribution in [0.4, 0.5) is 0 Å². The van der Waals surface area contributed by atoms with Gasteiger partial charge in [0.2, 0.25) is 0 Å². The molecule has 0 saturated heterocycles. The largest absolute Gasteiger partial charge is 0.488 e. The lowest BCUT2D eigenvalue weighted by molar-refractivity contribution is 0.306. The number of hydrogen-bond donors (Lipinski definition) is 2. The van der Waals surface area contributed by atoms with E-state index in [9.17, 15) is 0 Å². The van der Waals surface area contributed by atoms with E-state index in [1.165, 1.54) is 0 Å². The number of para-hydroxylation sites is 1. The summed E-state index contributed by atoms with van der Waals surface area (Å²) in [6.07, 6.45) is 1.61. The van der Waals surface area contributed by atoms with Crippen molar-refractivity contribution in [3.63, 3.8) is 0 Å². The van der Waals surface area contributed by atoms with E-state index in [4.69, 9.17) is 22.1 Å². The predicted octanol–water partition coefficient (Wildman–Crippen LogP) is 3.09. The highest BCUT2D eigenvalue weighted by Crippen LogP contribution is 2.18. The third kappa shape index (κ3) is 5.06. The van der Waals surface area contributed by atoms with Crippen molar-refractivity contribution in [3.05, 3.63) is 64.7 Å². The second-order valence-electron chi connectivity index (χ2n) is 4.19. The number of nitrogens with two attached hydrogens (primary N) is 1. The van der Waals surface area contributed by atoms with Crippen molar-refractivity contribution >= 4 is 35.1 Å². The van der Waals surface area contributed by atoms with Gasteiger partial charge >= 0.3 is 0 Å². The molecule has 0 amide bonds. The highest BCUT2D eigenvalue weighted by atomic mass is 35.5. The molecule has 0 atom stereocenters. The fourth-order valence-corrected chi connectivity index (χ4v) is 1.80. The smallest absolute Gasteiger partial charge is 0.184 e. The molecule has 4 nitrogen and oxygen atoms in total. The maximum atomic E-state index is 5.85. The van der Waals surface area contributed by atoms with Crippen molar-refractivity contribution in [2.75, 3.05) is 0 Å².